The monoisotopic (exact) mass is 945 g/mol. The lowest BCUT2D eigenvalue weighted by atomic mass is 9.87. The number of hydrogen-bond acceptors (Lipinski definition) is 12. The number of ether oxygens (including phenoxy) is 4. The highest BCUT2D eigenvalue weighted by Gasteiger charge is 2.64. The summed E-state index contributed by atoms with van der Waals surface area (Å²) >= 11 is 0. The van der Waals surface area contributed by atoms with Crippen LogP contribution in [0.3, 0.4) is 0 Å². The molecular formula is C47H62F3N5O10S. The summed E-state index contributed by atoms with van der Waals surface area (Å²) < 4.78 is 96.5. The molecule has 0 radical (unpaired) electrons. The average Bonchev–Trinajstić information content (AvgIpc) is 4.16. The minimum absolute atomic E-state index is 0.00837. The van der Waals surface area contributed by atoms with Crippen molar-refractivity contribution in [2.45, 2.75) is 139 Å². The maximum Gasteiger partial charge on any atom is 0.437 e. The van der Waals surface area contributed by atoms with Crippen LogP contribution in [0.4, 0.5) is 13.2 Å². The van der Waals surface area contributed by atoms with Gasteiger partial charge in [0.1, 0.15) is 35.6 Å². The summed E-state index contributed by atoms with van der Waals surface area (Å²) in [7, 11) is -4.10. The van der Waals surface area contributed by atoms with Crippen LogP contribution in [0.2, 0.25) is 0 Å². The van der Waals surface area contributed by atoms with Gasteiger partial charge in [-0.3, -0.25) is 28.8 Å². The number of morpholine rings is 1. The number of aryl methyl sites for hydroxylation is 1. The Labute approximate surface area is 383 Å². The van der Waals surface area contributed by atoms with Gasteiger partial charge in [-0.15, -0.1) is 0 Å². The zero-order valence-electron chi connectivity index (χ0n) is 38.2. The standard InChI is InChI=1S/C47H62F3N5O10S/c1-29(2)30(3)64-38(56)24-31-10-8-6-5-7-9-11-32-26-46(32,43(59)53-66(60,61)44(4)16-17-44)52-41(57)37-27-45(28-55(37)42(31)58)15-14-34-35-25-33(63-23-20-54-18-21-62-22-19-54)12-13-36(35)51-40(39(34)65-45)47(48,49)50/h9,11-13,25,29-32,37H,5-8,10,14-24,26-28H2,1-4H3,(H,52,57)(H,53,59)/b11-9-/t30-,31+,32+,37-,45+,46+/m0/s1. The first-order chi connectivity index (χ1) is 31.2. The topological polar surface area (TPSA) is 183 Å². The number of hydrogen-bond donors (Lipinski definition) is 2. The first-order valence-corrected chi connectivity index (χ1v) is 24.9. The molecule has 0 unspecified atom stereocenters. The number of fused-ring (bicyclic) bond motifs is 5. The smallest absolute Gasteiger partial charge is 0.437 e. The molecular weight excluding hydrogens is 884 g/mol. The fourth-order valence-electron chi connectivity index (χ4n) is 9.63. The summed E-state index contributed by atoms with van der Waals surface area (Å²) in [5, 5.41) is 3.26. The zero-order valence-corrected chi connectivity index (χ0v) is 39.0. The molecule has 6 aliphatic rings. The Kier molecular flexibility index (Phi) is 13.5. The van der Waals surface area contributed by atoms with Crippen LogP contribution < -0.4 is 19.5 Å². The van der Waals surface area contributed by atoms with Crippen molar-refractivity contribution >= 4 is 44.6 Å². The molecule has 6 atom stereocenters. The van der Waals surface area contributed by atoms with Crippen molar-refractivity contribution in [1.82, 2.24) is 24.8 Å². The van der Waals surface area contributed by atoms with Gasteiger partial charge in [-0.25, -0.2) is 13.4 Å². The van der Waals surface area contributed by atoms with E-state index in [4.69, 9.17) is 18.9 Å². The molecule has 5 heterocycles. The number of amides is 3. The van der Waals surface area contributed by atoms with Gasteiger partial charge in [0.2, 0.25) is 21.8 Å². The third-order valence-corrected chi connectivity index (χ3v) is 16.8. The van der Waals surface area contributed by atoms with E-state index < -0.39 is 91.2 Å². The third kappa shape index (κ3) is 10.0. The van der Waals surface area contributed by atoms with Crippen LogP contribution in [-0.4, -0.2) is 121 Å². The molecule has 2 aliphatic carbocycles. The molecule has 2 N–H and O–H groups in total. The van der Waals surface area contributed by atoms with E-state index >= 15 is 13.2 Å². The number of carbonyl (C=O) groups is 4. The van der Waals surface area contributed by atoms with Gasteiger partial charge in [0.15, 0.2) is 11.4 Å². The highest BCUT2D eigenvalue weighted by atomic mass is 32.2. The van der Waals surface area contributed by atoms with Crippen molar-refractivity contribution in [2.75, 3.05) is 46.0 Å². The lowest BCUT2D eigenvalue weighted by Crippen LogP contribution is -2.57. The maximum atomic E-state index is 15.0. The maximum absolute atomic E-state index is 15.0. The molecule has 1 spiro atoms. The summed E-state index contributed by atoms with van der Waals surface area (Å²) in [5.74, 6) is -4.36. The SMILES string of the molecule is CC(C)[C@H](C)OC(=O)C[C@H]1CCCCC/C=C\[C@@H]2C[C@@]2(C(=O)NS(=O)(=O)C2(C)CC2)NC(=O)[C@@H]2C[C@]3(CCc4c(c(C(F)(F)F)nc5ccc(OCCN6CCOCC6)cc45)O3)CN2C1=O. The highest BCUT2D eigenvalue weighted by Crippen LogP contribution is 2.51. The number of pyridine rings is 1. The van der Waals surface area contributed by atoms with Crippen molar-refractivity contribution in [3.05, 3.63) is 41.6 Å². The van der Waals surface area contributed by atoms with Gasteiger partial charge in [0.05, 0.1) is 36.4 Å². The largest absolute Gasteiger partial charge is 0.492 e. The van der Waals surface area contributed by atoms with Crippen molar-refractivity contribution in [2.24, 2.45) is 17.8 Å². The molecule has 0 bridgehead atoms. The summed E-state index contributed by atoms with van der Waals surface area (Å²) in [4.78, 5) is 64.8. The Morgan fingerprint density at radius 3 is 2.53 bits per heavy atom. The summed E-state index contributed by atoms with van der Waals surface area (Å²) in [6.07, 6.45) is 1.73. The molecule has 66 heavy (non-hydrogen) atoms. The van der Waals surface area contributed by atoms with E-state index in [0.717, 1.165) is 19.5 Å². The predicted octanol–water partition coefficient (Wildman–Crippen LogP) is 5.62. The van der Waals surface area contributed by atoms with E-state index in [0.29, 0.717) is 69.6 Å². The average molecular weight is 946 g/mol. The Hall–Kier alpha value is -4.49. The van der Waals surface area contributed by atoms with Crippen LogP contribution in [-0.2, 0) is 51.3 Å². The van der Waals surface area contributed by atoms with E-state index in [2.05, 4.69) is 19.9 Å². The molecule has 19 heteroatoms. The number of nitrogens with zero attached hydrogens (tertiary/aromatic N) is 3. The molecule has 2 saturated carbocycles. The number of carbonyl (C=O) groups excluding carboxylic acids is 4. The second-order valence-electron chi connectivity index (χ2n) is 19.8. The van der Waals surface area contributed by atoms with E-state index in [-0.39, 0.29) is 62.1 Å². The number of halogens is 3. The fourth-order valence-corrected chi connectivity index (χ4v) is 10.9. The second kappa shape index (κ2) is 18.5. The molecule has 1 aromatic heterocycles. The van der Waals surface area contributed by atoms with Crippen LogP contribution >= 0.6 is 0 Å². The minimum atomic E-state index is -4.94. The number of allylic oxidation sites excluding steroid dienone is 1. The molecule has 3 amide bonds. The van der Waals surface area contributed by atoms with Crippen LogP contribution in [0.15, 0.2) is 30.4 Å². The van der Waals surface area contributed by atoms with E-state index in [1.165, 1.54) is 11.0 Å². The zero-order chi connectivity index (χ0) is 47.2. The Morgan fingerprint density at radius 2 is 1.82 bits per heavy atom. The van der Waals surface area contributed by atoms with E-state index in [1.54, 1.807) is 32.1 Å². The first-order valence-electron chi connectivity index (χ1n) is 23.4. The lowest BCUT2D eigenvalue weighted by Gasteiger charge is -2.37. The van der Waals surface area contributed by atoms with Gasteiger partial charge in [-0.2, -0.15) is 13.2 Å². The van der Waals surface area contributed by atoms with Crippen molar-refractivity contribution in [3.63, 3.8) is 0 Å². The number of alkyl halides is 3. The second-order valence-corrected chi connectivity index (χ2v) is 22.0. The van der Waals surface area contributed by atoms with Crippen LogP contribution in [0.5, 0.6) is 11.5 Å². The number of esters is 1. The first kappa shape index (κ1) is 48.0. The Morgan fingerprint density at radius 1 is 1.06 bits per heavy atom. The molecule has 2 saturated heterocycles. The van der Waals surface area contributed by atoms with Gasteiger partial charge in [-0.05, 0) is 89.3 Å². The summed E-state index contributed by atoms with van der Waals surface area (Å²) in [5.41, 5.74) is -4.05. The number of aromatic nitrogens is 1. The lowest BCUT2D eigenvalue weighted by molar-refractivity contribution is -0.155. The minimum Gasteiger partial charge on any atom is -0.492 e. The van der Waals surface area contributed by atoms with Gasteiger partial charge in [0.25, 0.3) is 5.91 Å². The van der Waals surface area contributed by atoms with Gasteiger partial charge < -0.3 is 29.2 Å². The van der Waals surface area contributed by atoms with Gasteiger partial charge in [-0.1, -0.05) is 38.8 Å². The van der Waals surface area contributed by atoms with Crippen LogP contribution in [0.25, 0.3) is 10.9 Å². The number of benzene rings is 1. The summed E-state index contributed by atoms with van der Waals surface area (Å²) in [6.45, 7) is 10.6. The molecule has 362 valence electrons. The molecule has 4 fully saturated rings. The van der Waals surface area contributed by atoms with Gasteiger partial charge >= 0.3 is 12.1 Å². The molecule has 15 nitrogen and oxygen atoms in total. The van der Waals surface area contributed by atoms with Crippen molar-refractivity contribution in [1.29, 1.82) is 0 Å². The molecule has 4 aliphatic heterocycles. The molecule has 8 rings (SSSR count). The Bertz CT molecular complexity index is 2350. The quantitative estimate of drug-likeness (QED) is 0.210. The van der Waals surface area contributed by atoms with Gasteiger partial charge in [0, 0.05) is 48.8 Å². The third-order valence-electron chi connectivity index (χ3n) is 14.6. The van der Waals surface area contributed by atoms with E-state index in [9.17, 15) is 27.6 Å². The van der Waals surface area contributed by atoms with Crippen molar-refractivity contribution in [3.8, 4) is 11.5 Å². The number of sulfonamides is 1. The van der Waals surface area contributed by atoms with Crippen molar-refractivity contribution < 1.29 is 59.7 Å². The van der Waals surface area contributed by atoms with Crippen LogP contribution in [0, 0.1) is 17.8 Å². The van der Waals surface area contributed by atoms with E-state index in [1.807, 2.05) is 19.9 Å². The number of rotatable bonds is 11. The molecule has 2 aromatic rings. The fraction of sp³-hybridized carbons (Fsp3) is 0.681. The Balaban J connectivity index is 1.13. The predicted molar refractivity (Wildman–Crippen MR) is 236 cm³/mol. The van der Waals surface area contributed by atoms with Crippen LogP contribution in [0.1, 0.15) is 110 Å². The number of nitrogens with one attached hydrogen (secondary N) is 2. The normalized spacial score (nSPS) is 29.0. The molecule has 1 aromatic carbocycles. The highest BCUT2D eigenvalue weighted by molar-refractivity contribution is 7.91. The summed E-state index contributed by atoms with van der Waals surface area (Å²) in [6, 6.07) is 3.38.